The molecule has 1 aromatic carbocycles. The highest BCUT2D eigenvalue weighted by Gasteiger charge is 2.38. The number of hydrogen-bond donors (Lipinski definition) is 1. The minimum atomic E-state index is -0.390. The molecule has 1 aliphatic carbocycles. The van der Waals surface area contributed by atoms with Gasteiger partial charge in [0.1, 0.15) is 0 Å². The Bertz CT molecular complexity index is 729. The Morgan fingerprint density at radius 2 is 2.00 bits per heavy atom. The maximum atomic E-state index is 11.7. The molecule has 0 spiro atoms. The van der Waals surface area contributed by atoms with Crippen LogP contribution in [-0.4, -0.2) is 15.6 Å². The third-order valence-electron chi connectivity index (χ3n) is 4.06. The van der Waals surface area contributed by atoms with E-state index in [4.69, 9.17) is 0 Å². The Morgan fingerprint density at radius 3 is 2.45 bits per heavy atom. The average Bonchev–Trinajstić information content (AvgIpc) is 2.74. The molecule has 3 rings (SSSR count). The van der Waals surface area contributed by atoms with Gasteiger partial charge in [0.2, 0.25) is 6.08 Å². The number of aromatic amines is 1. The van der Waals surface area contributed by atoms with Crippen LogP contribution in [0.4, 0.5) is 0 Å². The van der Waals surface area contributed by atoms with Crippen LogP contribution in [0.1, 0.15) is 30.5 Å². The second-order valence-electron chi connectivity index (χ2n) is 5.21. The normalized spacial score (nSPS) is 16.2. The summed E-state index contributed by atoms with van der Waals surface area (Å²) in [5.41, 5.74) is 2.13. The lowest BCUT2D eigenvalue weighted by Crippen LogP contribution is -2.31. The number of nitrogens with zero attached hydrogens (tertiary/aromatic N) is 2. The minimum absolute atomic E-state index is 0.153. The molecule has 0 saturated heterocycles. The van der Waals surface area contributed by atoms with Crippen LogP contribution in [0.5, 0.6) is 0 Å². The molecule has 5 heteroatoms. The summed E-state index contributed by atoms with van der Waals surface area (Å²) < 4.78 is 1.61. The Hall–Kier alpha value is -2.39. The highest BCUT2D eigenvalue weighted by atomic mass is 16.1. The highest BCUT2D eigenvalue weighted by molar-refractivity contribution is 5.43. The van der Waals surface area contributed by atoms with E-state index in [1.54, 1.807) is 16.8 Å². The van der Waals surface area contributed by atoms with Crippen molar-refractivity contribution in [3.05, 3.63) is 52.2 Å². The number of aromatic nitrogens is 2. The molecule has 2 aromatic rings. The van der Waals surface area contributed by atoms with Gasteiger partial charge >= 0.3 is 5.69 Å². The fourth-order valence-electron chi connectivity index (χ4n) is 2.76. The second-order valence-corrected chi connectivity index (χ2v) is 5.21. The van der Waals surface area contributed by atoms with Gasteiger partial charge in [0.15, 0.2) is 0 Å². The van der Waals surface area contributed by atoms with Crippen LogP contribution in [0, 0.1) is 6.92 Å². The van der Waals surface area contributed by atoms with Crippen LogP contribution in [0.25, 0.3) is 5.69 Å². The number of rotatable bonds is 3. The second kappa shape index (κ2) is 4.62. The van der Waals surface area contributed by atoms with Crippen molar-refractivity contribution in [1.29, 1.82) is 0 Å². The summed E-state index contributed by atoms with van der Waals surface area (Å²) in [5, 5.41) is 0. The van der Waals surface area contributed by atoms with E-state index in [0.29, 0.717) is 0 Å². The smallest absolute Gasteiger partial charge is 0.312 e. The van der Waals surface area contributed by atoms with Crippen LogP contribution in [0.2, 0.25) is 0 Å². The Morgan fingerprint density at radius 1 is 1.30 bits per heavy atom. The van der Waals surface area contributed by atoms with Crippen molar-refractivity contribution in [2.24, 2.45) is 4.99 Å². The van der Waals surface area contributed by atoms with Crippen molar-refractivity contribution < 1.29 is 4.79 Å². The van der Waals surface area contributed by atoms with E-state index >= 15 is 0 Å². The molecule has 0 unspecified atom stereocenters. The lowest BCUT2D eigenvalue weighted by molar-refractivity contribution is 0.256. The van der Waals surface area contributed by atoms with Gasteiger partial charge < -0.3 is 4.98 Å². The molecule has 1 saturated carbocycles. The molecular weight excluding hydrogens is 254 g/mol. The molecule has 1 fully saturated rings. The van der Waals surface area contributed by atoms with Crippen molar-refractivity contribution in [2.45, 2.75) is 31.7 Å². The fraction of sp³-hybridized carbons (Fsp3) is 0.333. The molecule has 1 aliphatic rings. The van der Waals surface area contributed by atoms with Crippen LogP contribution < -0.4 is 5.69 Å². The molecule has 102 valence electrons. The predicted octanol–water partition coefficient (Wildman–Crippen LogP) is 2.19. The third-order valence-corrected chi connectivity index (χ3v) is 4.06. The molecule has 0 radical (unpaired) electrons. The first-order chi connectivity index (χ1) is 9.66. The van der Waals surface area contributed by atoms with E-state index in [0.717, 1.165) is 36.2 Å². The number of isocyanates is 1. The van der Waals surface area contributed by atoms with Gasteiger partial charge in [0, 0.05) is 11.9 Å². The number of nitrogens with one attached hydrogen (secondary N) is 1. The van der Waals surface area contributed by atoms with Crippen molar-refractivity contribution in [2.75, 3.05) is 0 Å². The molecule has 0 atom stereocenters. The van der Waals surface area contributed by atoms with Crippen molar-refractivity contribution in [1.82, 2.24) is 9.55 Å². The minimum Gasteiger partial charge on any atom is -0.312 e. The lowest BCUT2D eigenvalue weighted by atomic mass is 9.72. The third kappa shape index (κ3) is 1.84. The van der Waals surface area contributed by atoms with Gasteiger partial charge in [-0.05, 0) is 43.9 Å². The van der Waals surface area contributed by atoms with Crippen LogP contribution in [-0.2, 0) is 10.3 Å². The Kier molecular flexibility index (Phi) is 2.92. The molecule has 5 nitrogen and oxygen atoms in total. The van der Waals surface area contributed by atoms with Crippen molar-refractivity contribution in [3.8, 4) is 5.69 Å². The van der Waals surface area contributed by atoms with Gasteiger partial charge in [-0.3, -0.25) is 4.57 Å². The largest absolute Gasteiger partial charge is 0.330 e. The summed E-state index contributed by atoms with van der Waals surface area (Å²) in [6, 6.07) is 7.65. The molecule has 0 aliphatic heterocycles. The number of H-pyrrole nitrogens is 1. The summed E-state index contributed by atoms with van der Waals surface area (Å²) in [6.07, 6.45) is 6.20. The van der Waals surface area contributed by atoms with Crippen LogP contribution >= 0.6 is 0 Å². The summed E-state index contributed by atoms with van der Waals surface area (Å²) in [7, 11) is 0. The number of aliphatic imine (C=N–C) groups is 1. The van der Waals surface area contributed by atoms with Gasteiger partial charge in [0.05, 0.1) is 11.2 Å². The van der Waals surface area contributed by atoms with Gasteiger partial charge in [-0.1, -0.05) is 12.1 Å². The van der Waals surface area contributed by atoms with Gasteiger partial charge in [-0.25, -0.2) is 9.59 Å². The van der Waals surface area contributed by atoms with Gasteiger partial charge in [-0.2, -0.15) is 4.99 Å². The molecule has 0 amide bonds. The number of aryl methyl sites for hydroxylation is 1. The summed E-state index contributed by atoms with van der Waals surface area (Å²) in [5.74, 6) is 0. The van der Waals surface area contributed by atoms with E-state index in [-0.39, 0.29) is 5.69 Å². The predicted molar refractivity (Wildman–Crippen MR) is 74.8 cm³/mol. The zero-order valence-electron chi connectivity index (χ0n) is 11.2. The first kappa shape index (κ1) is 12.6. The Balaban J connectivity index is 2.00. The highest BCUT2D eigenvalue weighted by Crippen LogP contribution is 2.44. The summed E-state index contributed by atoms with van der Waals surface area (Å²) >= 11 is 0. The molecule has 20 heavy (non-hydrogen) atoms. The Labute approximate surface area is 116 Å². The van der Waals surface area contributed by atoms with Crippen LogP contribution in [0.15, 0.2) is 40.2 Å². The summed E-state index contributed by atoms with van der Waals surface area (Å²) in [4.78, 5) is 29.0. The fourth-order valence-corrected chi connectivity index (χ4v) is 2.76. The monoisotopic (exact) mass is 269 g/mol. The number of benzene rings is 1. The van der Waals surface area contributed by atoms with Crippen molar-refractivity contribution >= 4 is 6.08 Å². The van der Waals surface area contributed by atoms with E-state index in [2.05, 4.69) is 9.98 Å². The first-order valence-electron chi connectivity index (χ1n) is 6.63. The molecule has 1 N–H and O–H groups in total. The maximum Gasteiger partial charge on any atom is 0.330 e. The van der Waals surface area contributed by atoms with Gasteiger partial charge in [0.25, 0.3) is 0 Å². The SMILES string of the molecule is Cc1c[nH]c(=O)n1-c1ccc(C2(N=C=O)CCC2)cc1. The zero-order valence-corrected chi connectivity index (χ0v) is 11.2. The number of hydrogen-bond acceptors (Lipinski definition) is 3. The molecule has 1 heterocycles. The zero-order chi connectivity index (χ0) is 14.2. The standard InChI is InChI=1S/C15H15N3O2/c1-11-9-16-14(20)18(11)13-5-3-12(4-6-13)15(17-10-19)7-2-8-15/h3-6,9H,2,7-8H2,1H3,(H,16,20). The van der Waals surface area contributed by atoms with Crippen molar-refractivity contribution in [3.63, 3.8) is 0 Å². The maximum absolute atomic E-state index is 11.7. The van der Waals surface area contributed by atoms with E-state index < -0.39 is 5.54 Å². The quantitative estimate of drug-likeness (QED) is 0.685. The van der Waals surface area contributed by atoms with E-state index in [9.17, 15) is 9.59 Å². The molecule has 1 aromatic heterocycles. The van der Waals surface area contributed by atoms with E-state index in [1.807, 2.05) is 31.2 Å². The lowest BCUT2D eigenvalue weighted by Gasteiger charge is -2.37. The van der Waals surface area contributed by atoms with E-state index in [1.165, 1.54) is 0 Å². The first-order valence-corrected chi connectivity index (χ1v) is 6.63. The van der Waals surface area contributed by atoms with Crippen LogP contribution in [0.3, 0.4) is 0 Å². The molecule has 0 bridgehead atoms. The number of carbonyl (C=O) groups excluding carboxylic acids is 1. The number of imidazole rings is 1. The average molecular weight is 269 g/mol. The summed E-state index contributed by atoms with van der Waals surface area (Å²) in [6.45, 7) is 1.87. The van der Waals surface area contributed by atoms with Gasteiger partial charge in [-0.15, -0.1) is 0 Å². The topological polar surface area (TPSA) is 67.2 Å². The molecular formula is C15H15N3O2.